The molecule has 0 radical (unpaired) electrons. The third-order valence-electron chi connectivity index (χ3n) is 2.54. The molecule has 2 heterocycles. The lowest BCUT2D eigenvalue weighted by Crippen LogP contribution is -2.46. The van der Waals surface area contributed by atoms with Gasteiger partial charge < -0.3 is 4.74 Å². The Morgan fingerprint density at radius 2 is 1.94 bits per heavy atom. The van der Waals surface area contributed by atoms with E-state index >= 15 is 0 Å². The van der Waals surface area contributed by atoms with Crippen molar-refractivity contribution in [2.75, 3.05) is 19.6 Å². The van der Waals surface area contributed by atoms with Crippen molar-refractivity contribution in [2.45, 2.75) is 32.5 Å². The van der Waals surface area contributed by atoms with Gasteiger partial charge in [-0.05, 0) is 13.8 Å². The molecule has 2 atom stereocenters. The number of halogens is 2. The first kappa shape index (κ1) is 16.6. The van der Waals surface area contributed by atoms with Gasteiger partial charge >= 0.3 is 0 Å². The van der Waals surface area contributed by atoms with Crippen molar-refractivity contribution in [2.24, 2.45) is 0 Å². The number of hydrogen-bond donors (Lipinski definition) is 1. The van der Waals surface area contributed by atoms with Crippen LogP contribution in [0, 0.1) is 0 Å². The van der Waals surface area contributed by atoms with Crippen molar-refractivity contribution in [3.63, 3.8) is 0 Å². The minimum atomic E-state index is 0. The van der Waals surface area contributed by atoms with Crippen LogP contribution < -0.4 is 0 Å². The van der Waals surface area contributed by atoms with E-state index in [0.717, 1.165) is 31.9 Å². The van der Waals surface area contributed by atoms with Crippen molar-refractivity contribution in [1.29, 1.82) is 0 Å². The van der Waals surface area contributed by atoms with Crippen LogP contribution in [0.4, 0.5) is 0 Å². The van der Waals surface area contributed by atoms with Crippen LogP contribution in [0.1, 0.15) is 19.7 Å². The largest absolute Gasteiger partial charge is 0.373 e. The molecule has 1 aliphatic rings. The molecule has 2 unspecified atom stereocenters. The average molecular weight is 284 g/mol. The summed E-state index contributed by atoms with van der Waals surface area (Å²) in [7, 11) is 0. The molecule has 17 heavy (non-hydrogen) atoms. The molecule has 0 spiro atoms. The molecule has 1 N–H and O–H groups in total. The maximum Gasteiger partial charge on any atom is 0.175 e. The fraction of sp³-hybridized carbons (Fsp3) is 0.889. The van der Waals surface area contributed by atoms with E-state index in [-0.39, 0.29) is 24.8 Å². The van der Waals surface area contributed by atoms with Crippen molar-refractivity contribution in [3.8, 4) is 0 Å². The van der Waals surface area contributed by atoms with Gasteiger partial charge in [-0.1, -0.05) is 5.21 Å². The predicted octanol–water partition coefficient (Wildman–Crippen LogP) is 0.695. The summed E-state index contributed by atoms with van der Waals surface area (Å²) in [6.45, 7) is 7.16. The summed E-state index contributed by atoms with van der Waals surface area (Å²) in [5.41, 5.74) is 0. The highest BCUT2D eigenvalue weighted by Crippen LogP contribution is 2.10. The Hall–Kier alpha value is -0.430. The smallest absolute Gasteiger partial charge is 0.175 e. The van der Waals surface area contributed by atoms with Gasteiger partial charge in [0.1, 0.15) is 0 Å². The van der Waals surface area contributed by atoms with Crippen LogP contribution in [0.3, 0.4) is 0 Å². The van der Waals surface area contributed by atoms with Gasteiger partial charge in [0, 0.05) is 26.1 Å². The van der Waals surface area contributed by atoms with Crippen molar-refractivity contribution in [1.82, 2.24) is 25.5 Å². The minimum absolute atomic E-state index is 0. The molecular formula is C9H19Cl2N5O. The lowest BCUT2D eigenvalue weighted by atomic mass is 10.2. The fourth-order valence-electron chi connectivity index (χ4n) is 2.01. The summed E-state index contributed by atoms with van der Waals surface area (Å²) >= 11 is 0. The Labute approximate surface area is 113 Å². The highest BCUT2D eigenvalue weighted by molar-refractivity contribution is 5.85. The summed E-state index contributed by atoms with van der Waals surface area (Å²) < 4.78 is 5.66. The quantitative estimate of drug-likeness (QED) is 0.884. The lowest BCUT2D eigenvalue weighted by molar-refractivity contribution is -0.0676. The van der Waals surface area contributed by atoms with Gasteiger partial charge in [-0.15, -0.1) is 35.0 Å². The molecule has 100 valence electrons. The Balaban J connectivity index is 0.00000128. The zero-order valence-corrected chi connectivity index (χ0v) is 11.6. The molecule has 0 bridgehead atoms. The molecule has 8 heteroatoms. The summed E-state index contributed by atoms with van der Waals surface area (Å²) in [6.07, 6.45) is 1.48. The Kier molecular flexibility index (Phi) is 7.61. The SMILES string of the molecule is CC1CN(CCc2nn[nH]n2)CC(C)O1.Cl.Cl. The van der Waals surface area contributed by atoms with E-state index in [1.807, 2.05) is 0 Å². The molecule has 0 aromatic carbocycles. The lowest BCUT2D eigenvalue weighted by Gasteiger charge is -2.35. The second-order valence-corrected chi connectivity index (χ2v) is 4.09. The standard InChI is InChI=1S/C9H17N5O.2ClH/c1-7-5-14(6-8(2)15-7)4-3-9-10-12-13-11-9;;/h7-8H,3-6H2,1-2H3,(H,10,11,12,13);2*1H. The molecule has 2 rings (SSSR count). The second-order valence-electron chi connectivity index (χ2n) is 4.09. The number of rotatable bonds is 3. The summed E-state index contributed by atoms with van der Waals surface area (Å²) in [6, 6.07) is 0. The minimum Gasteiger partial charge on any atom is -0.373 e. The number of ether oxygens (including phenoxy) is 1. The average Bonchev–Trinajstić information content (AvgIpc) is 2.65. The zero-order valence-electron chi connectivity index (χ0n) is 10.00. The van der Waals surface area contributed by atoms with Crippen LogP contribution in [0.15, 0.2) is 0 Å². The third-order valence-corrected chi connectivity index (χ3v) is 2.54. The number of H-pyrrole nitrogens is 1. The summed E-state index contributed by atoms with van der Waals surface area (Å²) in [5, 5.41) is 13.9. The highest BCUT2D eigenvalue weighted by Gasteiger charge is 2.21. The molecule has 0 aliphatic carbocycles. The molecule has 6 nitrogen and oxygen atoms in total. The van der Waals surface area contributed by atoms with Gasteiger partial charge in [-0.2, -0.15) is 5.21 Å². The van der Waals surface area contributed by atoms with Crippen molar-refractivity contribution >= 4 is 24.8 Å². The topological polar surface area (TPSA) is 66.9 Å². The first-order valence-electron chi connectivity index (χ1n) is 5.34. The van der Waals surface area contributed by atoms with E-state index in [1.54, 1.807) is 0 Å². The van der Waals surface area contributed by atoms with Crippen LogP contribution >= 0.6 is 24.8 Å². The molecule has 1 fully saturated rings. The number of nitrogens with one attached hydrogen (secondary N) is 1. The zero-order chi connectivity index (χ0) is 10.7. The van der Waals surface area contributed by atoms with Crippen LogP contribution in [-0.2, 0) is 11.2 Å². The maximum atomic E-state index is 5.66. The molecule has 1 saturated heterocycles. The first-order chi connectivity index (χ1) is 7.24. The van der Waals surface area contributed by atoms with Gasteiger partial charge in [-0.3, -0.25) is 4.90 Å². The number of morpholine rings is 1. The van der Waals surface area contributed by atoms with Crippen LogP contribution in [0.5, 0.6) is 0 Å². The number of tetrazole rings is 1. The van der Waals surface area contributed by atoms with Gasteiger partial charge in [0.2, 0.25) is 0 Å². The number of hydrogen-bond acceptors (Lipinski definition) is 5. The molecule has 0 saturated carbocycles. The Morgan fingerprint density at radius 1 is 1.29 bits per heavy atom. The number of aromatic amines is 1. The fourth-order valence-corrected chi connectivity index (χ4v) is 2.01. The highest BCUT2D eigenvalue weighted by atomic mass is 35.5. The van der Waals surface area contributed by atoms with Crippen LogP contribution in [-0.4, -0.2) is 57.4 Å². The molecule has 1 aromatic heterocycles. The third kappa shape index (κ3) is 5.16. The van der Waals surface area contributed by atoms with Crippen LogP contribution in [0.2, 0.25) is 0 Å². The van der Waals surface area contributed by atoms with E-state index in [0.29, 0.717) is 12.2 Å². The molecular weight excluding hydrogens is 265 g/mol. The van der Waals surface area contributed by atoms with Gasteiger partial charge in [0.25, 0.3) is 0 Å². The van der Waals surface area contributed by atoms with Crippen molar-refractivity contribution < 1.29 is 4.74 Å². The van der Waals surface area contributed by atoms with E-state index in [1.165, 1.54) is 0 Å². The monoisotopic (exact) mass is 283 g/mol. The van der Waals surface area contributed by atoms with E-state index in [4.69, 9.17) is 4.74 Å². The summed E-state index contributed by atoms with van der Waals surface area (Å²) in [4.78, 5) is 2.38. The first-order valence-corrected chi connectivity index (χ1v) is 5.34. The maximum absolute atomic E-state index is 5.66. The Bertz CT molecular complexity index is 288. The van der Waals surface area contributed by atoms with Crippen molar-refractivity contribution in [3.05, 3.63) is 5.82 Å². The molecule has 1 aliphatic heterocycles. The summed E-state index contributed by atoms with van der Waals surface area (Å²) in [5.74, 6) is 0.779. The van der Waals surface area contributed by atoms with Gasteiger partial charge in [-0.25, -0.2) is 0 Å². The molecule has 1 aromatic rings. The second kappa shape index (κ2) is 7.81. The van der Waals surface area contributed by atoms with E-state index in [9.17, 15) is 0 Å². The number of aromatic nitrogens is 4. The number of nitrogens with zero attached hydrogens (tertiary/aromatic N) is 4. The van der Waals surface area contributed by atoms with Gasteiger partial charge in [0.15, 0.2) is 5.82 Å². The van der Waals surface area contributed by atoms with Gasteiger partial charge in [0.05, 0.1) is 12.2 Å². The van der Waals surface area contributed by atoms with Crippen LogP contribution in [0.25, 0.3) is 0 Å². The van der Waals surface area contributed by atoms with E-state index < -0.39 is 0 Å². The predicted molar refractivity (Wildman–Crippen MR) is 68.8 cm³/mol. The Morgan fingerprint density at radius 3 is 2.47 bits per heavy atom. The normalized spacial score (nSPS) is 24.8. The van der Waals surface area contributed by atoms with E-state index in [2.05, 4.69) is 39.4 Å². The molecule has 0 amide bonds.